The van der Waals surface area contributed by atoms with Crippen LogP contribution >= 0.6 is 0 Å². The van der Waals surface area contributed by atoms with Crippen LogP contribution < -0.4 is 5.73 Å². The lowest BCUT2D eigenvalue weighted by Gasteiger charge is -2.31. The quantitative estimate of drug-likeness (QED) is 0.719. The van der Waals surface area contributed by atoms with Gasteiger partial charge in [0.05, 0.1) is 11.5 Å². The third-order valence-electron chi connectivity index (χ3n) is 3.48. The van der Waals surface area contributed by atoms with Gasteiger partial charge in [-0.3, -0.25) is 0 Å². The molecule has 1 atom stereocenters. The summed E-state index contributed by atoms with van der Waals surface area (Å²) in [6, 6.07) is 0.355. The molecule has 0 aliphatic carbocycles. The molecule has 88 valence electrons. The number of piperidine rings is 1. The van der Waals surface area contributed by atoms with Gasteiger partial charge in [-0.05, 0) is 38.3 Å². The van der Waals surface area contributed by atoms with Crippen LogP contribution in [-0.4, -0.2) is 50.5 Å². The third-order valence-corrected chi connectivity index (χ3v) is 5.31. The minimum Gasteiger partial charge on any atom is -0.328 e. The SMILES string of the molecule is NC1CCN(CC2CCS(=O)(=O)C2)CC1. The second-order valence-electron chi connectivity index (χ2n) is 4.91. The Labute approximate surface area is 91.7 Å². The highest BCUT2D eigenvalue weighted by atomic mass is 32.2. The topological polar surface area (TPSA) is 63.4 Å². The lowest BCUT2D eigenvalue weighted by molar-refractivity contribution is 0.190. The average Bonchev–Trinajstić information content (AvgIpc) is 2.50. The van der Waals surface area contributed by atoms with Gasteiger partial charge in [-0.1, -0.05) is 0 Å². The van der Waals surface area contributed by atoms with Crippen molar-refractivity contribution >= 4 is 9.84 Å². The van der Waals surface area contributed by atoms with Crippen molar-refractivity contribution in [2.45, 2.75) is 25.3 Å². The maximum atomic E-state index is 11.3. The first-order valence-electron chi connectivity index (χ1n) is 5.73. The predicted octanol–water partition coefficient (Wildman–Crippen LogP) is -0.156. The smallest absolute Gasteiger partial charge is 0.150 e. The van der Waals surface area contributed by atoms with Crippen LogP contribution in [0.4, 0.5) is 0 Å². The Balaban J connectivity index is 1.78. The van der Waals surface area contributed by atoms with Crippen LogP contribution in [0.25, 0.3) is 0 Å². The minimum atomic E-state index is -2.71. The molecule has 0 spiro atoms. The Bertz CT molecular complexity index is 307. The van der Waals surface area contributed by atoms with Crippen molar-refractivity contribution in [3.05, 3.63) is 0 Å². The monoisotopic (exact) mass is 232 g/mol. The molecule has 2 saturated heterocycles. The molecule has 0 bridgehead atoms. The highest BCUT2D eigenvalue weighted by molar-refractivity contribution is 7.91. The van der Waals surface area contributed by atoms with Crippen LogP contribution in [0.1, 0.15) is 19.3 Å². The van der Waals surface area contributed by atoms with E-state index in [2.05, 4.69) is 4.90 Å². The van der Waals surface area contributed by atoms with E-state index in [-0.39, 0.29) is 0 Å². The second kappa shape index (κ2) is 4.39. The number of nitrogens with two attached hydrogens (primary N) is 1. The lowest BCUT2D eigenvalue weighted by Crippen LogP contribution is -2.41. The maximum absolute atomic E-state index is 11.3. The first kappa shape index (κ1) is 11.4. The van der Waals surface area contributed by atoms with Gasteiger partial charge in [0.1, 0.15) is 0 Å². The number of nitrogens with zero attached hydrogens (tertiary/aromatic N) is 1. The summed E-state index contributed by atoms with van der Waals surface area (Å²) in [5, 5.41) is 0. The van der Waals surface area contributed by atoms with Crippen molar-refractivity contribution in [1.82, 2.24) is 4.90 Å². The summed E-state index contributed by atoms with van der Waals surface area (Å²) in [7, 11) is -2.71. The Morgan fingerprint density at radius 1 is 1.20 bits per heavy atom. The summed E-state index contributed by atoms with van der Waals surface area (Å²) in [5.74, 6) is 1.16. The average molecular weight is 232 g/mol. The van der Waals surface area contributed by atoms with Crippen molar-refractivity contribution in [3.8, 4) is 0 Å². The van der Waals surface area contributed by atoms with Crippen molar-refractivity contribution in [1.29, 1.82) is 0 Å². The Morgan fingerprint density at radius 3 is 2.40 bits per heavy atom. The highest BCUT2D eigenvalue weighted by Crippen LogP contribution is 2.21. The maximum Gasteiger partial charge on any atom is 0.150 e. The molecule has 0 aromatic carbocycles. The van der Waals surface area contributed by atoms with Crippen LogP contribution in [0.2, 0.25) is 0 Å². The molecule has 1 unspecified atom stereocenters. The predicted molar refractivity (Wildman–Crippen MR) is 60.4 cm³/mol. The summed E-state index contributed by atoms with van der Waals surface area (Å²) in [6.45, 7) is 3.03. The fourth-order valence-electron chi connectivity index (χ4n) is 2.52. The van der Waals surface area contributed by atoms with E-state index >= 15 is 0 Å². The summed E-state index contributed by atoms with van der Waals surface area (Å²) < 4.78 is 22.6. The Morgan fingerprint density at radius 2 is 1.87 bits per heavy atom. The first-order valence-corrected chi connectivity index (χ1v) is 7.56. The van der Waals surface area contributed by atoms with E-state index < -0.39 is 9.84 Å². The van der Waals surface area contributed by atoms with E-state index in [0.29, 0.717) is 23.5 Å². The molecule has 15 heavy (non-hydrogen) atoms. The highest BCUT2D eigenvalue weighted by Gasteiger charge is 2.29. The molecule has 0 aromatic heterocycles. The molecule has 2 heterocycles. The van der Waals surface area contributed by atoms with Gasteiger partial charge in [0, 0.05) is 12.6 Å². The Kier molecular flexibility index (Phi) is 3.33. The van der Waals surface area contributed by atoms with Crippen molar-refractivity contribution in [2.24, 2.45) is 11.7 Å². The van der Waals surface area contributed by atoms with Crippen LogP contribution in [-0.2, 0) is 9.84 Å². The molecule has 2 aliphatic heterocycles. The molecule has 0 saturated carbocycles. The van der Waals surface area contributed by atoms with Gasteiger partial charge in [0.25, 0.3) is 0 Å². The molecule has 2 aliphatic rings. The van der Waals surface area contributed by atoms with Gasteiger partial charge >= 0.3 is 0 Å². The zero-order valence-corrected chi connectivity index (χ0v) is 9.88. The molecule has 0 aromatic rings. The lowest BCUT2D eigenvalue weighted by atomic mass is 10.0. The second-order valence-corrected chi connectivity index (χ2v) is 7.14. The van der Waals surface area contributed by atoms with Gasteiger partial charge in [0.15, 0.2) is 9.84 Å². The standard InChI is InChI=1S/C10H20N2O2S/c11-10-1-4-12(5-2-10)7-9-3-6-15(13,14)8-9/h9-10H,1-8,11H2. The molecule has 2 fully saturated rings. The summed E-state index contributed by atoms with van der Waals surface area (Å²) in [6.07, 6.45) is 2.96. The summed E-state index contributed by atoms with van der Waals surface area (Å²) in [5.41, 5.74) is 5.83. The van der Waals surface area contributed by atoms with Crippen LogP contribution in [0.3, 0.4) is 0 Å². The molecular weight excluding hydrogens is 212 g/mol. The number of sulfone groups is 1. The van der Waals surface area contributed by atoms with E-state index in [1.165, 1.54) is 0 Å². The third kappa shape index (κ3) is 3.16. The van der Waals surface area contributed by atoms with Crippen LogP contribution in [0.15, 0.2) is 0 Å². The van der Waals surface area contributed by atoms with E-state index in [1.807, 2.05) is 0 Å². The van der Waals surface area contributed by atoms with Gasteiger partial charge < -0.3 is 10.6 Å². The molecule has 0 radical (unpaired) electrons. The van der Waals surface area contributed by atoms with Gasteiger partial charge in [-0.2, -0.15) is 0 Å². The zero-order chi connectivity index (χ0) is 10.9. The molecule has 0 amide bonds. The van der Waals surface area contributed by atoms with Crippen LogP contribution in [0, 0.1) is 5.92 Å². The number of rotatable bonds is 2. The minimum absolute atomic E-state index is 0.355. The van der Waals surface area contributed by atoms with Gasteiger partial charge in [-0.25, -0.2) is 8.42 Å². The van der Waals surface area contributed by atoms with E-state index in [0.717, 1.165) is 38.9 Å². The van der Waals surface area contributed by atoms with Crippen LogP contribution in [0.5, 0.6) is 0 Å². The van der Waals surface area contributed by atoms with Gasteiger partial charge in [-0.15, -0.1) is 0 Å². The molecule has 5 heteroatoms. The van der Waals surface area contributed by atoms with Crippen molar-refractivity contribution in [3.63, 3.8) is 0 Å². The fraction of sp³-hybridized carbons (Fsp3) is 1.00. The summed E-state index contributed by atoms with van der Waals surface area (Å²) in [4.78, 5) is 2.37. The first-order chi connectivity index (χ1) is 7.05. The van der Waals surface area contributed by atoms with E-state index in [1.54, 1.807) is 0 Å². The number of hydrogen-bond donors (Lipinski definition) is 1. The molecule has 2 rings (SSSR count). The zero-order valence-electron chi connectivity index (χ0n) is 9.06. The largest absolute Gasteiger partial charge is 0.328 e. The fourth-order valence-corrected chi connectivity index (χ4v) is 4.37. The Hall–Kier alpha value is -0.130. The van der Waals surface area contributed by atoms with Crippen molar-refractivity contribution < 1.29 is 8.42 Å². The van der Waals surface area contributed by atoms with Crippen molar-refractivity contribution in [2.75, 3.05) is 31.1 Å². The number of hydrogen-bond acceptors (Lipinski definition) is 4. The van der Waals surface area contributed by atoms with Gasteiger partial charge in [0.2, 0.25) is 0 Å². The molecular formula is C10H20N2O2S. The van der Waals surface area contributed by atoms with E-state index in [4.69, 9.17) is 5.73 Å². The molecule has 2 N–H and O–H groups in total. The molecule has 4 nitrogen and oxygen atoms in total. The number of likely N-dealkylation sites (tertiary alicyclic amines) is 1. The normalized spacial score (nSPS) is 33.3. The summed E-state index contributed by atoms with van der Waals surface area (Å²) >= 11 is 0. The van der Waals surface area contributed by atoms with E-state index in [9.17, 15) is 8.42 Å².